The summed E-state index contributed by atoms with van der Waals surface area (Å²) in [5.41, 5.74) is 2.08. The Labute approximate surface area is 247 Å². The number of nitrogens with one attached hydrogen (secondary N) is 1. The van der Waals surface area contributed by atoms with E-state index in [2.05, 4.69) is 11.2 Å². The van der Waals surface area contributed by atoms with Crippen molar-refractivity contribution in [3.8, 4) is 0 Å². The molecule has 3 aromatic carbocycles. The van der Waals surface area contributed by atoms with Gasteiger partial charge in [-0.3, -0.25) is 13.8 Å². The van der Waals surface area contributed by atoms with Crippen molar-refractivity contribution in [2.45, 2.75) is 30.3 Å². The second kappa shape index (κ2) is 12.5. The van der Waals surface area contributed by atoms with Gasteiger partial charge < -0.3 is 15.3 Å². The zero-order chi connectivity index (χ0) is 29.9. The van der Waals surface area contributed by atoms with E-state index in [1.54, 1.807) is 53.4 Å². The average molecular weight is 618 g/mol. The van der Waals surface area contributed by atoms with E-state index in [-0.39, 0.29) is 34.5 Å². The molecule has 0 aliphatic carbocycles. The fourth-order valence-corrected chi connectivity index (χ4v) is 6.06. The molecule has 1 unspecified atom stereocenters. The van der Waals surface area contributed by atoms with Crippen molar-refractivity contribution in [2.75, 3.05) is 12.8 Å². The number of aliphatic carboxylic acids is 1. The predicted molar refractivity (Wildman–Crippen MR) is 160 cm³/mol. The Morgan fingerprint density at radius 3 is 2.59 bits per heavy atom. The molecule has 11 heteroatoms. The number of carbonyl (C=O) groups excluding carboxylic acids is 2. The van der Waals surface area contributed by atoms with Crippen LogP contribution in [0, 0.1) is 5.82 Å². The molecule has 1 aliphatic rings. The minimum Gasteiger partial charge on any atom is -0.480 e. The summed E-state index contributed by atoms with van der Waals surface area (Å²) in [5, 5.41) is 12.4. The van der Waals surface area contributed by atoms with Crippen LogP contribution in [0.15, 0.2) is 65.6 Å². The van der Waals surface area contributed by atoms with Gasteiger partial charge in [0.15, 0.2) is 0 Å². The molecule has 2 N–H and O–H groups in total. The van der Waals surface area contributed by atoms with E-state index in [0.717, 1.165) is 0 Å². The number of fused-ring (bicyclic) bond motifs is 1. The van der Waals surface area contributed by atoms with Crippen LogP contribution in [0.5, 0.6) is 0 Å². The number of carboxylic acid groups (broad SMARTS) is 1. The molecule has 0 radical (unpaired) electrons. The lowest BCUT2D eigenvalue weighted by molar-refractivity contribution is -0.139. The molecule has 1 heterocycles. The molecule has 0 bridgehead atoms. The topological polar surface area (TPSA) is 104 Å². The normalized spacial score (nSPS) is 15.2. The monoisotopic (exact) mass is 616 g/mol. The van der Waals surface area contributed by atoms with E-state index in [4.69, 9.17) is 23.2 Å². The van der Waals surface area contributed by atoms with E-state index in [1.165, 1.54) is 24.5 Å². The number of amides is 2. The van der Waals surface area contributed by atoms with Crippen LogP contribution in [-0.2, 0) is 38.5 Å². The number of halogens is 3. The predicted octanol–water partition coefficient (Wildman–Crippen LogP) is 4.86. The molecule has 214 valence electrons. The lowest BCUT2D eigenvalue weighted by atomic mass is 9.96. The van der Waals surface area contributed by atoms with E-state index in [9.17, 15) is 28.1 Å². The molecule has 7 nitrogen and oxygen atoms in total. The van der Waals surface area contributed by atoms with Crippen LogP contribution in [0.4, 0.5) is 4.39 Å². The third-order valence-corrected chi connectivity index (χ3v) is 8.66. The first-order valence-electron chi connectivity index (χ1n) is 12.5. The van der Waals surface area contributed by atoms with E-state index in [1.807, 2.05) is 0 Å². The summed E-state index contributed by atoms with van der Waals surface area (Å²) in [7, 11) is -2.51. The molecule has 2 amide bonds. The van der Waals surface area contributed by atoms with Crippen LogP contribution in [-0.4, -0.2) is 56.7 Å². The number of carboxylic acids is 1. The minimum atomic E-state index is -2.51. The molecule has 0 fully saturated rings. The molecule has 3 aromatic rings. The average Bonchev–Trinajstić information content (AvgIpc) is 2.91. The van der Waals surface area contributed by atoms with Crippen LogP contribution < -0.4 is 5.32 Å². The van der Waals surface area contributed by atoms with Crippen molar-refractivity contribution in [1.82, 2.24) is 10.2 Å². The van der Waals surface area contributed by atoms with Gasteiger partial charge >= 0.3 is 5.97 Å². The van der Waals surface area contributed by atoms with Gasteiger partial charge in [0.25, 0.3) is 5.91 Å². The van der Waals surface area contributed by atoms with E-state index < -0.39 is 33.3 Å². The molecule has 4 rings (SSSR count). The molecule has 2 atom stereocenters. The number of hydrogen-bond donors (Lipinski definition) is 2. The first-order chi connectivity index (χ1) is 19.3. The molecule has 1 aliphatic heterocycles. The molecular weight excluding hydrogens is 590 g/mol. The quantitative estimate of drug-likeness (QED) is 0.278. The summed E-state index contributed by atoms with van der Waals surface area (Å²) < 4.78 is 26.2. The van der Waals surface area contributed by atoms with Gasteiger partial charge in [-0.2, -0.15) is 0 Å². The van der Waals surface area contributed by atoms with Gasteiger partial charge in [-0.05, 0) is 68.8 Å². The highest BCUT2D eigenvalue weighted by molar-refractivity contribution is 7.99. The molecule has 0 saturated carbocycles. The number of hydrogen-bond acceptors (Lipinski definition) is 4. The van der Waals surface area contributed by atoms with Crippen molar-refractivity contribution in [3.63, 3.8) is 0 Å². The van der Waals surface area contributed by atoms with Crippen LogP contribution in [0.3, 0.4) is 0 Å². The molecule has 0 saturated heterocycles. The number of rotatable bonds is 8. The van der Waals surface area contributed by atoms with Crippen LogP contribution in [0.25, 0.3) is 6.08 Å². The minimum absolute atomic E-state index is 0.0105. The van der Waals surface area contributed by atoms with Crippen molar-refractivity contribution in [2.24, 2.45) is 0 Å². The van der Waals surface area contributed by atoms with E-state index in [0.29, 0.717) is 40.1 Å². The largest absolute Gasteiger partial charge is 0.480 e. The molecule has 0 aromatic heterocycles. The maximum Gasteiger partial charge on any atom is 0.326 e. The van der Waals surface area contributed by atoms with Gasteiger partial charge in [0.05, 0.1) is 15.6 Å². The standard InChI is InChI=1S/C30H27Cl2FN2O5S/c1-41(2,40)21-8-5-6-18(14-21)15-25(30(38)39)34-29(37)27-23(31)16-20-17-35(13-12-22(20)28(27)32)26(36)11-10-19-7-3-4-9-24(19)33/h3-11,14,16,25H,1,12-13,15,17H2,2H3,(H,34,37)(H,38,39)/b11-10+/t25-,41?/m0/s1. The van der Waals surface area contributed by atoms with Crippen molar-refractivity contribution >= 4 is 62.5 Å². The Kier molecular flexibility index (Phi) is 9.21. The van der Waals surface area contributed by atoms with Crippen molar-refractivity contribution in [1.29, 1.82) is 0 Å². The zero-order valence-electron chi connectivity index (χ0n) is 22.0. The molecule has 0 spiro atoms. The van der Waals surface area contributed by atoms with Crippen molar-refractivity contribution in [3.05, 3.63) is 104 Å². The highest BCUT2D eigenvalue weighted by atomic mass is 35.5. The summed E-state index contributed by atoms with van der Waals surface area (Å²) >= 11 is 13.1. The van der Waals surface area contributed by atoms with Gasteiger partial charge in [0.1, 0.15) is 11.9 Å². The lowest BCUT2D eigenvalue weighted by Gasteiger charge is -2.29. The summed E-state index contributed by atoms with van der Waals surface area (Å²) in [6, 6.07) is 12.9. The first kappa shape index (κ1) is 30.3. The Morgan fingerprint density at radius 1 is 1.17 bits per heavy atom. The summed E-state index contributed by atoms with van der Waals surface area (Å²) in [6.45, 7) is 0.481. The summed E-state index contributed by atoms with van der Waals surface area (Å²) in [5.74, 6) is 0.874. The molecular formula is C30H27Cl2FN2O5S. The van der Waals surface area contributed by atoms with Gasteiger partial charge in [-0.15, -0.1) is 0 Å². The highest BCUT2D eigenvalue weighted by Crippen LogP contribution is 2.35. The highest BCUT2D eigenvalue weighted by Gasteiger charge is 2.29. The fourth-order valence-electron chi connectivity index (χ4n) is 4.53. The lowest BCUT2D eigenvalue weighted by Crippen LogP contribution is -2.42. The van der Waals surface area contributed by atoms with Crippen LogP contribution in [0.2, 0.25) is 10.0 Å². The third-order valence-electron chi connectivity index (χ3n) is 6.69. The number of nitrogens with zero attached hydrogens (tertiary/aromatic N) is 1. The van der Waals surface area contributed by atoms with Gasteiger partial charge in [0.2, 0.25) is 5.91 Å². The zero-order valence-corrected chi connectivity index (χ0v) is 24.4. The number of benzene rings is 3. The molecule has 41 heavy (non-hydrogen) atoms. The second-order valence-corrected chi connectivity index (χ2v) is 13.0. The Bertz CT molecular complexity index is 1670. The van der Waals surface area contributed by atoms with Gasteiger partial charge in [-0.25, -0.2) is 9.18 Å². The van der Waals surface area contributed by atoms with Gasteiger partial charge in [0, 0.05) is 42.3 Å². The summed E-state index contributed by atoms with van der Waals surface area (Å²) in [4.78, 5) is 40.0. The Balaban J connectivity index is 1.51. The van der Waals surface area contributed by atoms with Crippen molar-refractivity contribution < 1.29 is 28.1 Å². The number of carbonyl (C=O) groups is 3. The van der Waals surface area contributed by atoms with E-state index >= 15 is 0 Å². The second-order valence-electron chi connectivity index (χ2n) is 9.77. The van der Waals surface area contributed by atoms with Gasteiger partial charge in [-0.1, -0.05) is 53.5 Å². The smallest absolute Gasteiger partial charge is 0.326 e. The first-order valence-corrected chi connectivity index (χ1v) is 15.4. The Hall–Kier alpha value is -3.66. The third kappa shape index (κ3) is 7.16. The maximum atomic E-state index is 13.9. The SMILES string of the molecule is C=S(C)(=O)c1cccc(C[C@H](NC(=O)c2c(Cl)cc3c(c2Cl)CCN(C(=O)/C=C/c2ccccc2F)C3)C(=O)O)c1. The summed E-state index contributed by atoms with van der Waals surface area (Å²) in [6.07, 6.45) is 4.46. The van der Waals surface area contributed by atoms with Crippen LogP contribution in [0.1, 0.15) is 32.6 Å². The fraction of sp³-hybridized carbons (Fsp3) is 0.200. The Morgan fingerprint density at radius 2 is 1.90 bits per heavy atom. The van der Waals surface area contributed by atoms with Crippen LogP contribution >= 0.6 is 23.2 Å². The maximum absolute atomic E-state index is 13.9.